The number of hydrogen-bond acceptors (Lipinski definition) is 3. The van der Waals surface area contributed by atoms with E-state index >= 15 is 0 Å². The average Bonchev–Trinajstić information content (AvgIpc) is 2.42. The molecule has 0 amide bonds. The van der Waals surface area contributed by atoms with E-state index in [0.29, 0.717) is 0 Å². The van der Waals surface area contributed by atoms with Crippen molar-refractivity contribution in [1.29, 1.82) is 0 Å². The summed E-state index contributed by atoms with van der Waals surface area (Å²) in [6, 6.07) is 6.10. The van der Waals surface area contributed by atoms with Crippen molar-refractivity contribution in [3.8, 4) is 5.75 Å². The van der Waals surface area contributed by atoms with Crippen LogP contribution >= 0.6 is 15.9 Å². The van der Waals surface area contributed by atoms with Gasteiger partial charge >= 0.3 is 0 Å². The number of allylic oxidation sites excluding steroid dienone is 1. The van der Waals surface area contributed by atoms with Crippen LogP contribution in [0.15, 0.2) is 34.3 Å². The van der Waals surface area contributed by atoms with Gasteiger partial charge in [0.05, 0.1) is 13.2 Å². The summed E-state index contributed by atoms with van der Waals surface area (Å²) in [4.78, 5) is 0. The van der Waals surface area contributed by atoms with Gasteiger partial charge in [0, 0.05) is 10.0 Å². The summed E-state index contributed by atoms with van der Waals surface area (Å²) in [6.45, 7) is 0. The van der Waals surface area contributed by atoms with E-state index in [2.05, 4.69) is 33.5 Å². The van der Waals surface area contributed by atoms with E-state index in [4.69, 9.17) is 10.6 Å². The molecule has 0 spiro atoms. The molecule has 1 unspecified atom stereocenters. The predicted octanol–water partition coefficient (Wildman–Crippen LogP) is 3.46. The van der Waals surface area contributed by atoms with E-state index in [0.717, 1.165) is 28.6 Å². The molecule has 0 saturated heterocycles. The molecule has 0 radical (unpaired) electrons. The lowest BCUT2D eigenvalue weighted by molar-refractivity contribution is 0.402. The fourth-order valence-electron chi connectivity index (χ4n) is 2.45. The van der Waals surface area contributed by atoms with Crippen LogP contribution in [-0.2, 0) is 0 Å². The molecule has 98 valence electrons. The van der Waals surface area contributed by atoms with Crippen LogP contribution in [0, 0.1) is 0 Å². The van der Waals surface area contributed by atoms with Crippen LogP contribution in [0.25, 0.3) is 0 Å². The topological polar surface area (TPSA) is 47.3 Å². The number of hydrogen-bond donors (Lipinski definition) is 2. The van der Waals surface area contributed by atoms with Crippen molar-refractivity contribution >= 4 is 15.9 Å². The van der Waals surface area contributed by atoms with Crippen molar-refractivity contribution in [3.63, 3.8) is 0 Å². The highest BCUT2D eigenvalue weighted by Gasteiger charge is 2.20. The van der Waals surface area contributed by atoms with Crippen molar-refractivity contribution < 1.29 is 4.74 Å². The summed E-state index contributed by atoms with van der Waals surface area (Å²) in [7, 11) is 1.69. The van der Waals surface area contributed by atoms with Crippen molar-refractivity contribution in [2.75, 3.05) is 7.11 Å². The monoisotopic (exact) mass is 310 g/mol. The number of nitrogens with two attached hydrogens (primary N) is 1. The number of rotatable bonds is 4. The van der Waals surface area contributed by atoms with E-state index < -0.39 is 0 Å². The molecule has 18 heavy (non-hydrogen) atoms. The molecule has 1 aromatic carbocycles. The van der Waals surface area contributed by atoms with Crippen LogP contribution in [0.5, 0.6) is 5.75 Å². The Labute approximate surface area is 116 Å². The molecular weight excluding hydrogens is 292 g/mol. The minimum Gasteiger partial charge on any atom is -0.496 e. The molecule has 0 aliphatic heterocycles. The van der Waals surface area contributed by atoms with Gasteiger partial charge in [-0.1, -0.05) is 33.6 Å². The Balaban J connectivity index is 2.34. The van der Waals surface area contributed by atoms with Crippen molar-refractivity contribution in [1.82, 2.24) is 5.43 Å². The van der Waals surface area contributed by atoms with E-state index in [9.17, 15) is 0 Å². The summed E-state index contributed by atoms with van der Waals surface area (Å²) in [6.07, 6.45) is 7.07. The third-order valence-electron chi connectivity index (χ3n) is 3.37. The third-order valence-corrected chi connectivity index (χ3v) is 3.86. The Morgan fingerprint density at radius 2 is 2.22 bits per heavy atom. The van der Waals surface area contributed by atoms with Crippen molar-refractivity contribution in [2.24, 2.45) is 5.84 Å². The first-order chi connectivity index (χ1) is 8.76. The lowest BCUT2D eigenvalue weighted by Crippen LogP contribution is -2.30. The van der Waals surface area contributed by atoms with Crippen LogP contribution < -0.4 is 16.0 Å². The standard InChI is InChI=1S/C14H19BrN2O/c1-18-13-9-11(15)7-8-12(13)14(17-16)10-5-3-2-4-6-10/h5,7-9,14,17H,2-4,6,16H2,1H3. The van der Waals surface area contributed by atoms with Gasteiger partial charge in [-0.3, -0.25) is 5.84 Å². The maximum atomic E-state index is 5.74. The number of nitrogens with one attached hydrogen (secondary N) is 1. The second kappa shape index (κ2) is 6.36. The molecule has 4 heteroatoms. The molecular formula is C14H19BrN2O. The van der Waals surface area contributed by atoms with Crippen molar-refractivity contribution in [2.45, 2.75) is 31.7 Å². The Bertz CT molecular complexity index is 445. The van der Waals surface area contributed by atoms with E-state index in [1.54, 1.807) is 7.11 Å². The molecule has 1 atom stereocenters. The summed E-state index contributed by atoms with van der Waals surface area (Å²) in [5.74, 6) is 6.60. The fraction of sp³-hybridized carbons (Fsp3) is 0.429. The maximum Gasteiger partial charge on any atom is 0.125 e. The lowest BCUT2D eigenvalue weighted by atomic mass is 9.90. The van der Waals surface area contributed by atoms with Crippen LogP contribution in [0.1, 0.15) is 37.3 Å². The molecule has 0 aromatic heterocycles. The molecule has 0 saturated carbocycles. The fourth-order valence-corrected chi connectivity index (χ4v) is 2.79. The van der Waals surface area contributed by atoms with Gasteiger partial charge in [0.2, 0.25) is 0 Å². The second-order valence-corrected chi connectivity index (χ2v) is 5.43. The van der Waals surface area contributed by atoms with E-state index in [-0.39, 0.29) is 6.04 Å². The SMILES string of the molecule is COc1cc(Br)ccc1C(NN)C1=CCCCC1. The van der Waals surface area contributed by atoms with Gasteiger partial charge in [-0.05, 0) is 37.8 Å². The maximum absolute atomic E-state index is 5.74. The Morgan fingerprint density at radius 3 is 2.83 bits per heavy atom. The predicted molar refractivity (Wildman–Crippen MR) is 77.3 cm³/mol. The minimum atomic E-state index is 0.0494. The van der Waals surface area contributed by atoms with Gasteiger partial charge < -0.3 is 4.74 Å². The van der Waals surface area contributed by atoms with Gasteiger partial charge in [0.25, 0.3) is 0 Å². The van der Waals surface area contributed by atoms with Crippen LogP contribution in [0.2, 0.25) is 0 Å². The normalized spacial score (nSPS) is 17.2. The first-order valence-electron chi connectivity index (χ1n) is 6.24. The average molecular weight is 311 g/mol. The first kappa shape index (κ1) is 13.6. The molecule has 0 heterocycles. The summed E-state index contributed by atoms with van der Waals surface area (Å²) in [5.41, 5.74) is 5.38. The molecule has 1 aliphatic rings. The Hall–Kier alpha value is -0.840. The van der Waals surface area contributed by atoms with E-state index in [1.807, 2.05) is 12.1 Å². The zero-order chi connectivity index (χ0) is 13.0. The van der Waals surface area contributed by atoms with Gasteiger partial charge in [0.15, 0.2) is 0 Å². The number of benzene rings is 1. The molecule has 3 N–H and O–H groups in total. The molecule has 1 aromatic rings. The highest BCUT2D eigenvalue weighted by Crippen LogP contribution is 2.35. The molecule has 1 aliphatic carbocycles. The van der Waals surface area contributed by atoms with Crippen LogP contribution in [-0.4, -0.2) is 7.11 Å². The lowest BCUT2D eigenvalue weighted by Gasteiger charge is -2.24. The first-order valence-corrected chi connectivity index (χ1v) is 7.04. The highest BCUT2D eigenvalue weighted by atomic mass is 79.9. The van der Waals surface area contributed by atoms with Crippen LogP contribution in [0.3, 0.4) is 0 Å². The summed E-state index contributed by atoms with van der Waals surface area (Å²) in [5, 5.41) is 0. The highest BCUT2D eigenvalue weighted by molar-refractivity contribution is 9.10. The van der Waals surface area contributed by atoms with E-state index in [1.165, 1.54) is 18.4 Å². The Morgan fingerprint density at radius 1 is 1.39 bits per heavy atom. The van der Waals surface area contributed by atoms with Gasteiger partial charge in [-0.15, -0.1) is 0 Å². The smallest absolute Gasteiger partial charge is 0.125 e. The summed E-state index contributed by atoms with van der Waals surface area (Å²) < 4.78 is 6.46. The minimum absolute atomic E-state index is 0.0494. The van der Waals surface area contributed by atoms with Crippen molar-refractivity contribution in [3.05, 3.63) is 39.9 Å². The van der Waals surface area contributed by atoms with Gasteiger partial charge in [0.1, 0.15) is 5.75 Å². The molecule has 3 nitrogen and oxygen atoms in total. The quantitative estimate of drug-likeness (QED) is 0.508. The number of methoxy groups -OCH3 is 1. The summed E-state index contributed by atoms with van der Waals surface area (Å²) >= 11 is 3.46. The number of ether oxygens (including phenoxy) is 1. The zero-order valence-corrected chi connectivity index (χ0v) is 12.2. The molecule has 0 fully saturated rings. The molecule has 0 bridgehead atoms. The number of halogens is 1. The van der Waals surface area contributed by atoms with Gasteiger partial charge in [-0.2, -0.15) is 0 Å². The molecule has 2 rings (SSSR count). The third kappa shape index (κ3) is 2.94. The largest absolute Gasteiger partial charge is 0.496 e. The van der Waals surface area contributed by atoms with Gasteiger partial charge in [-0.25, -0.2) is 5.43 Å². The second-order valence-electron chi connectivity index (χ2n) is 4.51. The number of hydrazine groups is 1. The zero-order valence-electron chi connectivity index (χ0n) is 10.6. The Kier molecular flexibility index (Phi) is 4.80. The van der Waals surface area contributed by atoms with Crippen LogP contribution in [0.4, 0.5) is 0 Å².